The fourth-order valence-electron chi connectivity index (χ4n) is 2.07. The average Bonchev–Trinajstić information content (AvgIpc) is 2.34. The Balaban J connectivity index is 2.50. The molecule has 1 N–H and O–H groups in total. The van der Waals surface area contributed by atoms with Gasteiger partial charge in [0.2, 0.25) is 0 Å². The number of rotatable bonds is 7. The first kappa shape index (κ1) is 15.2. The average molecular weight is 248 g/mol. The van der Waals surface area contributed by atoms with Gasteiger partial charge >= 0.3 is 0 Å². The highest BCUT2D eigenvalue weighted by Crippen LogP contribution is 2.23. The summed E-state index contributed by atoms with van der Waals surface area (Å²) in [5, 5.41) is 3.60. The molecule has 1 aromatic carbocycles. The third-order valence-corrected chi connectivity index (χ3v) is 3.72. The molecule has 102 valence electrons. The Kier molecular flexibility index (Phi) is 6.37. The zero-order valence-electron chi connectivity index (χ0n) is 12.5. The second kappa shape index (κ2) is 7.55. The molecule has 0 aromatic heterocycles. The normalized spacial score (nSPS) is 15.1. The van der Waals surface area contributed by atoms with Crippen LogP contribution >= 0.6 is 0 Å². The predicted molar refractivity (Wildman–Crippen MR) is 80.0 cm³/mol. The van der Waals surface area contributed by atoms with Crippen molar-refractivity contribution in [2.24, 2.45) is 5.92 Å². The molecule has 0 spiro atoms. The quantitative estimate of drug-likeness (QED) is 0.798. The number of likely N-dealkylation sites (N-methyl/N-ethyl adjacent to an activating group) is 1. The molecule has 1 aromatic rings. The van der Waals surface area contributed by atoms with E-state index in [4.69, 9.17) is 0 Å². The Bertz CT molecular complexity index is 319. The molecule has 2 unspecified atom stereocenters. The second-order valence-electron chi connectivity index (χ2n) is 5.73. The van der Waals surface area contributed by atoms with Gasteiger partial charge in [-0.2, -0.15) is 0 Å². The Hall–Kier alpha value is -0.860. The van der Waals surface area contributed by atoms with Crippen LogP contribution in [-0.4, -0.2) is 38.1 Å². The number of nitrogens with zero attached hydrogens (tertiary/aromatic N) is 1. The summed E-state index contributed by atoms with van der Waals surface area (Å²) in [5.41, 5.74) is 1.44. The van der Waals surface area contributed by atoms with E-state index >= 15 is 0 Å². The molecule has 0 saturated carbocycles. The molecule has 0 fully saturated rings. The molecule has 0 radical (unpaired) electrons. The van der Waals surface area contributed by atoms with Crippen LogP contribution in [0.3, 0.4) is 0 Å². The largest absolute Gasteiger partial charge is 0.315 e. The van der Waals surface area contributed by atoms with Crippen molar-refractivity contribution in [3.63, 3.8) is 0 Å². The molecule has 1 rings (SSSR count). The van der Waals surface area contributed by atoms with E-state index < -0.39 is 0 Å². The van der Waals surface area contributed by atoms with Crippen LogP contribution < -0.4 is 5.32 Å². The van der Waals surface area contributed by atoms with E-state index in [1.807, 2.05) is 0 Å². The Morgan fingerprint density at radius 2 is 1.61 bits per heavy atom. The van der Waals surface area contributed by atoms with Crippen LogP contribution in [0.15, 0.2) is 30.3 Å². The topological polar surface area (TPSA) is 15.3 Å². The fourth-order valence-corrected chi connectivity index (χ4v) is 2.07. The van der Waals surface area contributed by atoms with E-state index in [1.165, 1.54) is 5.56 Å². The van der Waals surface area contributed by atoms with Crippen molar-refractivity contribution in [1.82, 2.24) is 10.2 Å². The van der Waals surface area contributed by atoms with Crippen LogP contribution in [0.1, 0.15) is 32.3 Å². The van der Waals surface area contributed by atoms with Crippen molar-refractivity contribution < 1.29 is 0 Å². The summed E-state index contributed by atoms with van der Waals surface area (Å²) >= 11 is 0. The van der Waals surface area contributed by atoms with Gasteiger partial charge in [-0.25, -0.2) is 0 Å². The molecule has 2 atom stereocenters. The number of nitrogens with one attached hydrogen (secondary N) is 1. The van der Waals surface area contributed by atoms with Gasteiger partial charge in [-0.3, -0.25) is 0 Å². The third-order valence-electron chi connectivity index (χ3n) is 3.72. The van der Waals surface area contributed by atoms with Crippen LogP contribution in [0.4, 0.5) is 0 Å². The van der Waals surface area contributed by atoms with E-state index in [9.17, 15) is 0 Å². The SMILES string of the molecule is CC(C)C(CNCC(C)N(C)C)c1ccccc1. The van der Waals surface area contributed by atoms with Crippen LogP contribution in [0, 0.1) is 5.92 Å². The lowest BCUT2D eigenvalue weighted by Crippen LogP contribution is -2.37. The van der Waals surface area contributed by atoms with E-state index in [2.05, 4.69) is 75.4 Å². The first-order valence-electron chi connectivity index (χ1n) is 6.94. The van der Waals surface area contributed by atoms with Crippen molar-refractivity contribution in [2.45, 2.75) is 32.7 Å². The van der Waals surface area contributed by atoms with Gasteiger partial charge < -0.3 is 10.2 Å². The van der Waals surface area contributed by atoms with E-state index in [1.54, 1.807) is 0 Å². The van der Waals surface area contributed by atoms with E-state index in [0.717, 1.165) is 13.1 Å². The van der Waals surface area contributed by atoms with Crippen LogP contribution in [0.2, 0.25) is 0 Å². The van der Waals surface area contributed by atoms with Gasteiger partial charge in [0.15, 0.2) is 0 Å². The molecule has 0 bridgehead atoms. The standard InChI is InChI=1S/C16H28N2/c1-13(2)16(15-9-7-6-8-10-15)12-17-11-14(3)18(4)5/h6-10,13-14,16-17H,11-12H2,1-5H3. The molecular formula is C16H28N2. The summed E-state index contributed by atoms with van der Waals surface area (Å²) < 4.78 is 0. The maximum Gasteiger partial charge on any atom is 0.0186 e. The molecular weight excluding hydrogens is 220 g/mol. The summed E-state index contributed by atoms with van der Waals surface area (Å²) in [7, 11) is 4.26. The van der Waals surface area contributed by atoms with Crippen LogP contribution in [0.25, 0.3) is 0 Å². The number of hydrogen-bond acceptors (Lipinski definition) is 2. The zero-order chi connectivity index (χ0) is 13.5. The summed E-state index contributed by atoms with van der Waals surface area (Å²) in [4.78, 5) is 2.25. The number of hydrogen-bond donors (Lipinski definition) is 1. The molecule has 0 aliphatic carbocycles. The highest BCUT2D eigenvalue weighted by atomic mass is 15.1. The summed E-state index contributed by atoms with van der Waals surface area (Å²) in [5.74, 6) is 1.26. The van der Waals surface area contributed by atoms with Gasteiger partial charge in [0.25, 0.3) is 0 Å². The third kappa shape index (κ3) is 4.79. The molecule has 18 heavy (non-hydrogen) atoms. The first-order valence-corrected chi connectivity index (χ1v) is 6.94. The summed E-state index contributed by atoms with van der Waals surface area (Å²) in [6, 6.07) is 11.4. The molecule has 0 aliphatic heterocycles. The minimum Gasteiger partial charge on any atom is -0.315 e. The molecule has 0 aliphatic rings. The zero-order valence-corrected chi connectivity index (χ0v) is 12.5. The monoisotopic (exact) mass is 248 g/mol. The highest BCUT2D eigenvalue weighted by molar-refractivity contribution is 5.20. The predicted octanol–water partition coefficient (Wildman–Crippen LogP) is 2.97. The van der Waals surface area contributed by atoms with Crippen molar-refractivity contribution in [1.29, 1.82) is 0 Å². The van der Waals surface area contributed by atoms with Gasteiger partial charge in [0.1, 0.15) is 0 Å². The van der Waals surface area contributed by atoms with Gasteiger partial charge in [-0.1, -0.05) is 44.2 Å². The van der Waals surface area contributed by atoms with E-state index in [-0.39, 0.29) is 0 Å². The Labute approximate surface area is 112 Å². The first-order chi connectivity index (χ1) is 8.52. The Morgan fingerprint density at radius 3 is 2.11 bits per heavy atom. The van der Waals surface area contributed by atoms with Crippen molar-refractivity contribution in [3.8, 4) is 0 Å². The summed E-state index contributed by atoms with van der Waals surface area (Å²) in [6.45, 7) is 8.95. The van der Waals surface area contributed by atoms with Crippen molar-refractivity contribution >= 4 is 0 Å². The minimum absolute atomic E-state index is 0.577. The summed E-state index contributed by atoms with van der Waals surface area (Å²) in [6.07, 6.45) is 0. The Morgan fingerprint density at radius 1 is 1.00 bits per heavy atom. The maximum absolute atomic E-state index is 3.60. The lowest BCUT2D eigenvalue weighted by molar-refractivity contribution is 0.298. The maximum atomic E-state index is 3.60. The molecule has 0 amide bonds. The second-order valence-corrected chi connectivity index (χ2v) is 5.73. The highest BCUT2D eigenvalue weighted by Gasteiger charge is 2.15. The lowest BCUT2D eigenvalue weighted by Gasteiger charge is -2.25. The number of benzene rings is 1. The van der Waals surface area contributed by atoms with Crippen molar-refractivity contribution in [3.05, 3.63) is 35.9 Å². The van der Waals surface area contributed by atoms with Gasteiger partial charge in [-0.05, 0) is 38.4 Å². The smallest absolute Gasteiger partial charge is 0.0186 e. The van der Waals surface area contributed by atoms with Gasteiger partial charge in [0, 0.05) is 19.1 Å². The molecule has 2 nitrogen and oxygen atoms in total. The van der Waals surface area contributed by atoms with E-state index in [0.29, 0.717) is 17.9 Å². The van der Waals surface area contributed by atoms with Crippen molar-refractivity contribution in [2.75, 3.05) is 27.2 Å². The fraction of sp³-hybridized carbons (Fsp3) is 0.625. The molecule has 2 heteroatoms. The molecule has 0 heterocycles. The van der Waals surface area contributed by atoms with Gasteiger partial charge in [-0.15, -0.1) is 0 Å². The lowest BCUT2D eigenvalue weighted by atomic mass is 9.88. The van der Waals surface area contributed by atoms with Crippen LogP contribution in [0.5, 0.6) is 0 Å². The van der Waals surface area contributed by atoms with Crippen LogP contribution in [-0.2, 0) is 0 Å². The minimum atomic E-state index is 0.577. The van der Waals surface area contributed by atoms with Gasteiger partial charge in [0.05, 0.1) is 0 Å². The molecule has 0 saturated heterocycles.